The second-order valence-electron chi connectivity index (χ2n) is 4.48. The van der Waals surface area contributed by atoms with Crippen molar-refractivity contribution in [3.63, 3.8) is 0 Å². The fraction of sp³-hybridized carbons (Fsp3) is 0.900. The molecule has 0 atom stereocenters. The van der Waals surface area contributed by atoms with Crippen LogP contribution in [-0.4, -0.2) is 46.3 Å². The number of nitrogens with zero attached hydrogens (tertiary/aromatic N) is 1. The van der Waals surface area contributed by atoms with Gasteiger partial charge in [0.05, 0.1) is 0 Å². The lowest BCUT2D eigenvalue weighted by atomic mass is 9.93. The number of hydrogen-bond acceptors (Lipinski definition) is 3. The number of carbonyl (C=O) groups is 1. The fourth-order valence-corrected chi connectivity index (χ4v) is 1.81. The van der Waals surface area contributed by atoms with E-state index in [1.165, 1.54) is 0 Å². The van der Waals surface area contributed by atoms with Crippen LogP contribution in [0.5, 0.6) is 0 Å². The molecule has 0 aromatic rings. The minimum Gasteiger partial charge on any atom is -0.480 e. The van der Waals surface area contributed by atoms with Gasteiger partial charge in [0.15, 0.2) is 0 Å². The molecule has 1 aliphatic rings. The number of carboxylic acid groups (broad SMARTS) is 1. The zero-order valence-electron chi connectivity index (χ0n) is 9.27. The van der Waals surface area contributed by atoms with Crippen LogP contribution < -0.4 is 0 Å². The van der Waals surface area contributed by atoms with Crippen molar-refractivity contribution < 1.29 is 15.0 Å². The molecule has 1 saturated heterocycles. The summed E-state index contributed by atoms with van der Waals surface area (Å²) in [6.45, 7) is 5.22. The Labute approximate surface area is 96.7 Å². The van der Waals surface area contributed by atoms with Crippen molar-refractivity contribution in [1.29, 1.82) is 0 Å². The largest absolute Gasteiger partial charge is 0.480 e. The average molecular weight is 238 g/mol. The molecule has 4 nitrogen and oxygen atoms in total. The lowest BCUT2D eigenvalue weighted by Crippen LogP contribution is -2.53. The Hall–Kier alpha value is -0.320. The SMILES string of the molecule is CC(C)(C(=O)O)N1CCC(CO)CC1.Cl. The number of aliphatic carboxylic acids is 1. The normalized spacial score (nSPS) is 19.7. The Kier molecular flexibility index (Phi) is 5.56. The second kappa shape index (κ2) is 5.68. The van der Waals surface area contributed by atoms with Crippen LogP contribution in [0.2, 0.25) is 0 Å². The Balaban J connectivity index is 0.00000196. The predicted molar refractivity (Wildman–Crippen MR) is 60.3 cm³/mol. The van der Waals surface area contributed by atoms with E-state index in [1.807, 2.05) is 4.90 Å². The van der Waals surface area contributed by atoms with Crippen LogP contribution >= 0.6 is 12.4 Å². The third-order valence-electron chi connectivity index (χ3n) is 3.19. The zero-order chi connectivity index (χ0) is 10.8. The number of hydrogen-bond donors (Lipinski definition) is 2. The minimum atomic E-state index is -0.778. The molecule has 0 spiro atoms. The number of aliphatic hydroxyl groups is 1. The van der Waals surface area contributed by atoms with Crippen LogP contribution in [0.3, 0.4) is 0 Å². The van der Waals surface area contributed by atoms with E-state index in [0.29, 0.717) is 5.92 Å². The van der Waals surface area contributed by atoms with Crippen LogP contribution in [0.25, 0.3) is 0 Å². The van der Waals surface area contributed by atoms with Gasteiger partial charge in [-0.25, -0.2) is 0 Å². The lowest BCUT2D eigenvalue weighted by molar-refractivity contribution is -0.150. The van der Waals surface area contributed by atoms with Gasteiger partial charge in [0, 0.05) is 6.61 Å². The van der Waals surface area contributed by atoms with Gasteiger partial charge in [-0.2, -0.15) is 0 Å². The van der Waals surface area contributed by atoms with Crippen molar-refractivity contribution in [1.82, 2.24) is 4.90 Å². The fourth-order valence-electron chi connectivity index (χ4n) is 1.81. The summed E-state index contributed by atoms with van der Waals surface area (Å²) in [5.74, 6) is -0.421. The molecule has 0 bridgehead atoms. The third-order valence-corrected chi connectivity index (χ3v) is 3.19. The molecule has 0 aromatic heterocycles. The molecule has 5 heteroatoms. The first-order valence-electron chi connectivity index (χ1n) is 5.07. The van der Waals surface area contributed by atoms with Crippen LogP contribution in [0.4, 0.5) is 0 Å². The topological polar surface area (TPSA) is 60.8 Å². The van der Waals surface area contributed by atoms with Gasteiger partial charge in [-0.3, -0.25) is 9.69 Å². The molecule has 0 radical (unpaired) electrons. The molecule has 0 amide bonds. The highest BCUT2D eigenvalue weighted by Crippen LogP contribution is 2.23. The Morgan fingerprint density at radius 1 is 1.40 bits per heavy atom. The van der Waals surface area contributed by atoms with Gasteiger partial charge in [-0.15, -0.1) is 12.4 Å². The molecule has 0 saturated carbocycles. The maximum absolute atomic E-state index is 11.0. The van der Waals surface area contributed by atoms with E-state index in [2.05, 4.69) is 0 Å². The molecule has 0 aliphatic carbocycles. The van der Waals surface area contributed by atoms with Crippen molar-refractivity contribution in [2.24, 2.45) is 5.92 Å². The predicted octanol–water partition coefficient (Wildman–Crippen LogP) is 0.976. The first kappa shape index (κ1) is 14.7. The van der Waals surface area contributed by atoms with Crippen molar-refractivity contribution in [3.05, 3.63) is 0 Å². The van der Waals surface area contributed by atoms with Gasteiger partial charge >= 0.3 is 5.97 Å². The average Bonchev–Trinajstić information content (AvgIpc) is 2.17. The molecule has 2 N–H and O–H groups in total. The highest BCUT2D eigenvalue weighted by molar-refractivity contribution is 5.85. The van der Waals surface area contributed by atoms with Gasteiger partial charge in [0.1, 0.15) is 5.54 Å². The number of carboxylic acids is 1. The highest BCUT2D eigenvalue weighted by atomic mass is 35.5. The summed E-state index contributed by atoms with van der Waals surface area (Å²) >= 11 is 0. The zero-order valence-corrected chi connectivity index (χ0v) is 10.1. The number of halogens is 1. The van der Waals surface area contributed by atoms with Gasteiger partial charge < -0.3 is 10.2 Å². The van der Waals surface area contributed by atoms with E-state index >= 15 is 0 Å². The Morgan fingerprint density at radius 2 is 1.87 bits per heavy atom. The second-order valence-corrected chi connectivity index (χ2v) is 4.48. The standard InChI is InChI=1S/C10H19NO3.ClH/c1-10(2,9(13)14)11-5-3-8(7-12)4-6-11;/h8,12H,3-7H2,1-2H3,(H,13,14);1H. The molecular weight excluding hydrogens is 218 g/mol. The molecule has 1 aliphatic heterocycles. The molecule has 1 heterocycles. The molecular formula is C10H20ClNO3. The Bertz CT molecular complexity index is 213. The maximum atomic E-state index is 11.0. The van der Waals surface area contributed by atoms with Crippen LogP contribution in [0.15, 0.2) is 0 Å². The van der Waals surface area contributed by atoms with Crippen LogP contribution in [-0.2, 0) is 4.79 Å². The summed E-state index contributed by atoms with van der Waals surface area (Å²) in [7, 11) is 0. The monoisotopic (exact) mass is 237 g/mol. The van der Waals surface area contributed by atoms with E-state index in [-0.39, 0.29) is 19.0 Å². The molecule has 1 rings (SSSR count). The number of aliphatic hydroxyl groups excluding tert-OH is 1. The number of piperidine rings is 1. The minimum absolute atomic E-state index is 0. The van der Waals surface area contributed by atoms with Crippen LogP contribution in [0, 0.1) is 5.92 Å². The Morgan fingerprint density at radius 3 is 2.20 bits per heavy atom. The first-order valence-corrected chi connectivity index (χ1v) is 5.07. The summed E-state index contributed by atoms with van der Waals surface area (Å²) in [4.78, 5) is 13.0. The molecule has 0 aromatic carbocycles. The van der Waals surface area contributed by atoms with E-state index in [0.717, 1.165) is 25.9 Å². The maximum Gasteiger partial charge on any atom is 0.323 e. The highest BCUT2D eigenvalue weighted by Gasteiger charge is 2.36. The van der Waals surface area contributed by atoms with Gasteiger partial charge in [-0.1, -0.05) is 0 Å². The van der Waals surface area contributed by atoms with Gasteiger partial charge in [0.25, 0.3) is 0 Å². The summed E-state index contributed by atoms with van der Waals surface area (Å²) in [6.07, 6.45) is 1.79. The summed E-state index contributed by atoms with van der Waals surface area (Å²) in [5.41, 5.74) is -0.777. The smallest absolute Gasteiger partial charge is 0.323 e. The summed E-state index contributed by atoms with van der Waals surface area (Å²) < 4.78 is 0. The van der Waals surface area contributed by atoms with Crippen LogP contribution in [0.1, 0.15) is 26.7 Å². The van der Waals surface area contributed by atoms with Crippen molar-refractivity contribution in [2.75, 3.05) is 19.7 Å². The molecule has 15 heavy (non-hydrogen) atoms. The quantitative estimate of drug-likeness (QED) is 0.768. The molecule has 90 valence electrons. The van der Waals surface area contributed by atoms with Crippen molar-refractivity contribution >= 4 is 18.4 Å². The summed E-state index contributed by atoms with van der Waals surface area (Å²) in [5, 5.41) is 18.0. The van der Waals surface area contributed by atoms with Crippen molar-refractivity contribution in [3.8, 4) is 0 Å². The number of likely N-dealkylation sites (tertiary alicyclic amines) is 1. The number of rotatable bonds is 3. The van der Waals surface area contributed by atoms with Gasteiger partial charge in [0.2, 0.25) is 0 Å². The van der Waals surface area contributed by atoms with Gasteiger partial charge in [-0.05, 0) is 45.7 Å². The van der Waals surface area contributed by atoms with E-state index in [9.17, 15) is 4.79 Å². The molecule has 1 fully saturated rings. The molecule has 0 unspecified atom stereocenters. The first-order chi connectivity index (χ1) is 6.48. The third kappa shape index (κ3) is 3.33. The van der Waals surface area contributed by atoms with E-state index in [1.54, 1.807) is 13.8 Å². The van der Waals surface area contributed by atoms with E-state index < -0.39 is 11.5 Å². The van der Waals surface area contributed by atoms with Crippen molar-refractivity contribution in [2.45, 2.75) is 32.2 Å². The lowest BCUT2D eigenvalue weighted by Gasteiger charge is -2.39. The van der Waals surface area contributed by atoms with E-state index in [4.69, 9.17) is 10.2 Å². The summed E-state index contributed by atoms with van der Waals surface area (Å²) in [6, 6.07) is 0.